The lowest BCUT2D eigenvalue weighted by molar-refractivity contribution is -0.130. The lowest BCUT2D eigenvalue weighted by Crippen LogP contribution is -2.50. The van der Waals surface area contributed by atoms with E-state index in [-0.39, 0.29) is 17.8 Å². The lowest BCUT2D eigenvalue weighted by atomic mass is 10.0. The predicted octanol–water partition coefficient (Wildman–Crippen LogP) is 4.18. The molecule has 3 nitrogen and oxygen atoms in total. The molecule has 2 aromatic rings. The van der Waals surface area contributed by atoms with E-state index in [2.05, 4.69) is 42.2 Å². The summed E-state index contributed by atoms with van der Waals surface area (Å²) in [5.74, 6) is 0.0737. The summed E-state index contributed by atoms with van der Waals surface area (Å²) >= 11 is 13.5. The molecule has 3 rings (SSSR count). The quantitative estimate of drug-likeness (QED) is 0.740. The van der Waals surface area contributed by atoms with Crippen LogP contribution in [0.25, 0.3) is 0 Å². The first-order chi connectivity index (χ1) is 11.6. The summed E-state index contributed by atoms with van der Waals surface area (Å²) < 4.78 is 0.804. The fourth-order valence-electron chi connectivity index (χ4n) is 3.18. The molecule has 1 aliphatic heterocycles. The largest absolute Gasteiger partial charge is 0.339 e. The minimum Gasteiger partial charge on any atom is -0.339 e. The Hall–Kier alpha value is -1.07. The van der Waals surface area contributed by atoms with E-state index in [1.807, 2.05) is 11.0 Å². The second kappa shape index (κ2) is 7.87. The molecular formula is C18H20Cl2N2OS. The molecule has 0 radical (unpaired) electrons. The Balaban J connectivity index is 1.85. The van der Waals surface area contributed by atoms with E-state index >= 15 is 0 Å². The molecule has 1 aliphatic rings. The van der Waals surface area contributed by atoms with E-state index < -0.39 is 0 Å². The Morgan fingerprint density at radius 1 is 1.21 bits per heavy atom. The molecular weight excluding hydrogens is 363 g/mol. The number of aryl methyl sites for hydroxylation is 1. The SMILES string of the molecule is Cc1cccc(C(c2ccc(Cl)s2)N2CCN(C(=O)CCl)CC2)c1. The van der Waals surface area contributed by atoms with Gasteiger partial charge in [0, 0.05) is 31.1 Å². The van der Waals surface area contributed by atoms with Gasteiger partial charge in [-0.15, -0.1) is 22.9 Å². The highest BCUT2D eigenvalue weighted by molar-refractivity contribution is 7.16. The fourth-order valence-corrected chi connectivity index (χ4v) is 4.58. The molecule has 0 spiro atoms. The Morgan fingerprint density at radius 2 is 1.96 bits per heavy atom. The molecule has 0 aliphatic carbocycles. The zero-order valence-electron chi connectivity index (χ0n) is 13.5. The molecule has 0 saturated carbocycles. The van der Waals surface area contributed by atoms with Crippen LogP contribution in [-0.2, 0) is 4.79 Å². The Kier molecular flexibility index (Phi) is 5.82. The van der Waals surface area contributed by atoms with Crippen molar-refractivity contribution in [2.24, 2.45) is 0 Å². The number of halogens is 2. The third kappa shape index (κ3) is 3.94. The first-order valence-corrected chi connectivity index (χ1v) is 9.71. The highest BCUT2D eigenvalue weighted by Gasteiger charge is 2.28. The number of amides is 1. The van der Waals surface area contributed by atoms with E-state index in [1.165, 1.54) is 16.0 Å². The molecule has 128 valence electrons. The third-order valence-electron chi connectivity index (χ3n) is 4.37. The molecule has 0 bridgehead atoms. The van der Waals surface area contributed by atoms with E-state index in [1.54, 1.807) is 11.3 Å². The van der Waals surface area contributed by atoms with Gasteiger partial charge in [0.15, 0.2) is 0 Å². The van der Waals surface area contributed by atoms with Gasteiger partial charge in [-0.25, -0.2) is 0 Å². The summed E-state index contributed by atoms with van der Waals surface area (Å²) in [6, 6.07) is 12.8. The Bertz CT molecular complexity index is 711. The first-order valence-electron chi connectivity index (χ1n) is 7.98. The van der Waals surface area contributed by atoms with Crippen LogP contribution in [0, 0.1) is 6.92 Å². The van der Waals surface area contributed by atoms with Crippen molar-refractivity contribution < 1.29 is 4.79 Å². The normalized spacial score (nSPS) is 17.0. The van der Waals surface area contributed by atoms with Crippen LogP contribution in [0.4, 0.5) is 0 Å². The van der Waals surface area contributed by atoms with Gasteiger partial charge >= 0.3 is 0 Å². The summed E-state index contributed by atoms with van der Waals surface area (Å²) in [4.78, 5) is 17.3. The third-order valence-corrected chi connectivity index (χ3v) is 5.88. The minimum absolute atomic E-state index is 0.0163. The molecule has 24 heavy (non-hydrogen) atoms. The van der Waals surface area contributed by atoms with Crippen LogP contribution < -0.4 is 0 Å². The van der Waals surface area contributed by atoms with Crippen LogP contribution in [0.15, 0.2) is 36.4 Å². The van der Waals surface area contributed by atoms with Gasteiger partial charge in [0.05, 0.1) is 10.4 Å². The van der Waals surface area contributed by atoms with Crippen LogP contribution in [0.1, 0.15) is 22.0 Å². The van der Waals surface area contributed by atoms with Crippen molar-refractivity contribution >= 4 is 40.4 Å². The number of carbonyl (C=O) groups is 1. The monoisotopic (exact) mass is 382 g/mol. The Labute approximate surface area is 156 Å². The van der Waals surface area contributed by atoms with Gasteiger partial charge in [-0.2, -0.15) is 0 Å². The number of rotatable bonds is 4. The van der Waals surface area contributed by atoms with Crippen molar-refractivity contribution in [2.45, 2.75) is 13.0 Å². The summed E-state index contributed by atoms with van der Waals surface area (Å²) in [7, 11) is 0. The topological polar surface area (TPSA) is 23.6 Å². The van der Waals surface area contributed by atoms with Crippen molar-refractivity contribution in [3.8, 4) is 0 Å². The summed E-state index contributed by atoms with van der Waals surface area (Å²) in [5.41, 5.74) is 2.52. The van der Waals surface area contributed by atoms with Crippen molar-refractivity contribution in [1.29, 1.82) is 0 Å². The molecule has 1 amide bonds. The molecule has 1 aromatic heterocycles. The van der Waals surface area contributed by atoms with Crippen molar-refractivity contribution in [3.05, 3.63) is 56.7 Å². The lowest BCUT2D eigenvalue weighted by Gasteiger charge is -2.39. The van der Waals surface area contributed by atoms with Gasteiger partial charge in [-0.05, 0) is 24.6 Å². The number of nitrogens with zero attached hydrogens (tertiary/aromatic N) is 2. The van der Waals surface area contributed by atoms with Crippen LogP contribution in [-0.4, -0.2) is 47.8 Å². The second-order valence-electron chi connectivity index (χ2n) is 6.01. The van der Waals surface area contributed by atoms with Gasteiger partial charge in [0.1, 0.15) is 5.88 Å². The second-order valence-corrected chi connectivity index (χ2v) is 8.02. The number of thiophene rings is 1. The average Bonchev–Trinajstić information content (AvgIpc) is 3.01. The number of hydrogen-bond acceptors (Lipinski definition) is 3. The number of piperazine rings is 1. The molecule has 1 aromatic carbocycles. The van der Waals surface area contributed by atoms with Gasteiger partial charge in [0.2, 0.25) is 5.91 Å². The minimum atomic E-state index is 0.0163. The smallest absolute Gasteiger partial charge is 0.237 e. The molecule has 2 heterocycles. The predicted molar refractivity (Wildman–Crippen MR) is 101 cm³/mol. The highest BCUT2D eigenvalue weighted by Crippen LogP contribution is 2.36. The Morgan fingerprint density at radius 3 is 2.54 bits per heavy atom. The highest BCUT2D eigenvalue weighted by atomic mass is 35.5. The molecule has 0 N–H and O–H groups in total. The van der Waals surface area contributed by atoms with E-state index in [4.69, 9.17) is 23.2 Å². The van der Waals surface area contributed by atoms with Crippen LogP contribution in [0.2, 0.25) is 4.34 Å². The van der Waals surface area contributed by atoms with Gasteiger partial charge in [-0.3, -0.25) is 9.69 Å². The standard InChI is InChI=1S/C18H20Cl2N2OS/c1-13-3-2-4-14(11-13)18(15-5-6-16(20)24-15)22-9-7-21(8-10-22)17(23)12-19/h2-6,11,18H,7-10,12H2,1H3. The van der Waals surface area contributed by atoms with Crippen LogP contribution >= 0.6 is 34.5 Å². The maximum Gasteiger partial charge on any atom is 0.237 e. The number of alkyl halides is 1. The number of benzene rings is 1. The van der Waals surface area contributed by atoms with Crippen molar-refractivity contribution in [2.75, 3.05) is 32.1 Å². The number of hydrogen-bond donors (Lipinski definition) is 0. The number of carbonyl (C=O) groups excluding carboxylic acids is 1. The summed E-state index contributed by atoms with van der Waals surface area (Å²) in [6.45, 7) is 5.20. The van der Waals surface area contributed by atoms with Crippen LogP contribution in [0.5, 0.6) is 0 Å². The maximum absolute atomic E-state index is 11.8. The maximum atomic E-state index is 11.8. The van der Waals surface area contributed by atoms with Gasteiger partial charge in [-0.1, -0.05) is 41.4 Å². The van der Waals surface area contributed by atoms with E-state index in [9.17, 15) is 4.79 Å². The van der Waals surface area contributed by atoms with Gasteiger partial charge < -0.3 is 4.90 Å². The van der Waals surface area contributed by atoms with Crippen LogP contribution in [0.3, 0.4) is 0 Å². The molecule has 6 heteroatoms. The molecule has 1 atom stereocenters. The zero-order valence-corrected chi connectivity index (χ0v) is 15.9. The zero-order chi connectivity index (χ0) is 17.1. The molecule has 1 fully saturated rings. The first kappa shape index (κ1) is 17.7. The summed E-state index contributed by atoms with van der Waals surface area (Å²) in [5, 5.41) is 0. The molecule has 1 unspecified atom stereocenters. The summed E-state index contributed by atoms with van der Waals surface area (Å²) in [6.07, 6.45) is 0. The van der Waals surface area contributed by atoms with Crippen molar-refractivity contribution in [3.63, 3.8) is 0 Å². The fraction of sp³-hybridized carbons (Fsp3) is 0.389. The van der Waals surface area contributed by atoms with Crippen molar-refractivity contribution in [1.82, 2.24) is 9.80 Å². The van der Waals surface area contributed by atoms with E-state index in [0.29, 0.717) is 13.1 Å². The average molecular weight is 383 g/mol. The van der Waals surface area contributed by atoms with E-state index in [0.717, 1.165) is 17.4 Å². The molecule has 1 saturated heterocycles. The van der Waals surface area contributed by atoms with Gasteiger partial charge in [0.25, 0.3) is 0 Å².